The normalized spacial score (nSPS) is 11.8. The molecule has 0 fully saturated rings. The number of nitrogens with zero attached hydrogens (tertiary/aromatic N) is 1. The van der Waals surface area contributed by atoms with Gasteiger partial charge in [-0.1, -0.05) is 0 Å². The Morgan fingerprint density at radius 1 is 1.29 bits per heavy atom. The van der Waals surface area contributed by atoms with Crippen molar-refractivity contribution in [3.63, 3.8) is 0 Å². The first-order valence-corrected chi connectivity index (χ1v) is 6.33. The molecule has 0 radical (unpaired) electrons. The number of aromatic nitrogens is 1. The molecule has 0 aliphatic carbocycles. The van der Waals surface area contributed by atoms with Gasteiger partial charge >= 0.3 is 0 Å². The van der Waals surface area contributed by atoms with Gasteiger partial charge in [-0.25, -0.2) is 8.78 Å². The van der Waals surface area contributed by atoms with Crippen molar-refractivity contribution in [3.8, 4) is 5.75 Å². The highest BCUT2D eigenvalue weighted by Gasteiger charge is 2.11. The van der Waals surface area contributed by atoms with Crippen molar-refractivity contribution >= 4 is 5.91 Å². The van der Waals surface area contributed by atoms with E-state index >= 15 is 0 Å². The summed E-state index contributed by atoms with van der Waals surface area (Å²) in [4.78, 5) is 15.6. The van der Waals surface area contributed by atoms with Gasteiger partial charge in [-0.2, -0.15) is 0 Å². The average Bonchev–Trinajstić information content (AvgIpc) is 2.47. The number of ether oxygens (including phenoxy) is 1. The number of carbonyl (C=O) groups is 1. The summed E-state index contributed by atoms with van der Waals surface area (Å²) in [6.07, 6.45) is 3.25. The van der Waals surface area contributed by atoms with Crippen molar-refractivity contribution in [2.24, 2.45) is 0 Å². The summed E-state index contributed by atoms with van der Waals surface area (Å²) in [5.74, 6) is -2.10. The molecule has 0 bridgehead atoms. The predicted octanol–water partition coefficient (Wildman–Crippen LogP) is 2.62. The standard InChI is InChI=1S/C15H14F2N2O2/c1-10(11-4-6-18-7-5-11)19-15(20)9-21-14-3-2-12(16)8-13(14)17/h2-8,10H,9H2,1H3,(H,19,20). The van der Waals surface area contributed by atoms with Gasteiger partial charge in [0.1, 0.15) is 5.82 Å². The van der Waals surface area contributed by atoms with Crippen molar-refractivity contribution in [1.29, 1.82) is 0 Å². The second-order valence-electron chi connectivity index (χ2n) is 4.43. The van der Waals surface area contributed by atoms with Crippen LogP contribution in [0.3, 0.4) is 0 Å². The number of hydrogen-bond donors (Lipinski definition) is 1. The first-order chi connectivity index (χ1) is 10.1. The van der Waals surface area contributed by atoms with Gasteiger partial charge in [-0.3, -0.25) is 9.78 Å². The quantitative estimate of drug-likeness (QED) is 0.921. The predicted molar refractivity (Wildman–Crippen MR) is 72.6 cm³/mol. The lowest BCUT2D eigenvalue weighted by Gasteiger charge is -2.14. The zero-order valence-electron chi connectivity index (χ0n) is 11.3. The van der Waals surface area contributed by atoms with Gasteiger partial charge in [0, 0.05) is 18.5 Å². The number of nitrogens with one attached hydrogen (secondary N) is 1. The van der Waals surface area contributed by atoms with E-state index in [4.69, 9.17) is 4.74 Å². The fourth-order valence-corrected chi connectivity index (χ4v) is 1.75. The van der Waals surface area contributed by atoms with Crippen molar-refractivity contribution < 1.29 is 18.3 Å². The molecule has 0 aliphatic heterocycles. The Bertz CT molecular complexity index is 620. The Hall–Kier alpha value is -2.50. The minimum Gasteiger partial charge on any atom is -0.481 e. The average molecular weight is 292 g/mol. The number of amides is 1. The van der Waals surface area contributed by atoms with Crippen LogP contribution in [0.25, 0.3) is 0 Å². The third kappa shape index (κ3) is 4.24. The van der Waals surface area contributed by atoms with Gasteiger partial charge in [-0.05, 0) is 36.8 Å². The molecular weight excluding hydrogens is 278 g/mol. The number of rotatable bonds is 5. The Labute approximate surface area is 120 Å². The maximum absolute atomic E-state index is 13.3. The van der Waals surface area contributed by atoms with E-state index in [2.05, 4.69) is 10.3 Å². The van der Waals surface area contributed by atoms with Gasteiger partial charge in [0.15, 0.2) is 18.2 Å². The molecule has 1 aromatic carbocycles. The van der Waals surface area contributed by atoms with Crippen LogP contribution < -0.4 is 10.1 Å². The Kier molecular flexibility index (Phi) is 4.81. The van der Waals surface area contributed by atoms with Gasteiger partial charge in [-0.15, -0.1) is 0 Å². The lowest BCUT2D eigenvalue weighted by atomic mass is 10.1. The van der Waals surface area contributed by atoms with Crippen LogP contribution in [0.2, 0.25) is 0 Å². The highest BCUT2D eigenvalue weighted by Crippen LogP contribution is 2.17. The fraction of sp³-hybridized carbons (Fsp3) is 0.200. The molecule has 2 aromatic rings. The topological polar surface area (TPSA) is 51.2 Å². The fourth-order valence-electron chi connectivity index (χ4n) is 1.75. The summed E-state index contributed by atoms with van der Waals surface area (Å²) in [7, 11) is 0. The molecule has 1 N–H and O–H groups in total. The lowest BCUT2D eigenvalue weighted by molar-refractivity contribution is -0.123. The number of pyridine rings is 1. The van der Waals surface area contributed by atoms with Gasteiger partial charge in [0.05, 0.1) is 6.04 Å². The van der Waals surface area contributed by atoms with E-state index in [1.54, 1.807) is 24.5 Å². The summed E-state index contributed by atoms with van der Waals surface area (Å²) in [5, 5.41) is 2.71. The SMILES string of the molecule is CC(NC(=O)COc1ccc(F)cc1F)c1ccncc1. The summed E-state index contributed by atoms with van der Waals surface area (Å²) in [6, 6.07) is 6.26. The Balaban J connectivity index is 1.87. The molecule has 2 rings (SSSR count). The minimum atomic E-state index is -0.843. The van der Waals surface area contributed by atoms with Crippen molar-refractivity contribution in [3.05, 3.63) is 59.9 Å². The van der Waals surface area contributed by atoms with E-state index in [1.807, 2.05) is 6.92 Å². The van der Waals surface area contributed by atoms with Crippen LogP contribution in [0.15, 0.2) is 42.7 Å². The van der Waals surface area contributed by atoms with Crippen molar-refractivity contribution in [2.45, 2.75) is 13.0 Å². The highest BCUT2D eigenvalue weighted by molar-refractivity contribution is 5.78. The Morgan fingerprint density at radius 3 is 2.67 bits per heavy atom. The van der Waals surface area contributed by atoms with E-state index in [0.29, 0.717) is 6.07 Å². The second kappa shape index (κ2) is 6.78. The summed E-state index contributed by atoms with van der Waals surface area (Å²) in [5.41, 5.74) is 0.895. The van der Waals surface area contributed by atoms with Crippen molar-refractivity contribution in [2.75, 3.05) is 6.61 Å². The lowest BCUT2D eigenvalue weighted by Crippen LogP contribution is -2.31. The molecule has 1 amide bonds. The first-order valence-electron chi connectivity index (χ1n) is 6.33. The smallest absolute Gasteiger partial charge is 0.258 e. The number of benzene rings is 1. The molecule has 4 nitrogen and oxygen atoms in total. The molecular formula is C15H14F2N2O2. The maximum Gasteiger partial charge on any atom is 0.258 e. The van der Waals surface area contributed by atoms with Crippen LogP contribution in [0.1, 0.15) is 18.5 Å². The van der Waals surface area contributed by atoms with Crippen LogP contribution >= 0.6 is 0 Å². The van der Waals surface area contributed by atoms with Gasteiger partial charge < -0.3 is 10.1 Å². The van der Waals surface area contributed by atoms with Crippen LogP contribution in [-0.2, 0) is 4.79 Å². The molecule has 0 spiro atoms. The molecule has 0 aliphatic rings. The van der Waals surface area contributed by atoms with Crippen LogP contribution in [-0.4, -0.2) is 17.5 Å². The van der Waals surface area contributed by atoms with Crippen LogP contribution in [0, 0.1) is 11.6 Å². The monoisotopic (exact) mass is 292 g/mol. The summed E-state index contributed by atoms with van der Waals surface area (Å²) >= 11 is 0. The Morgan fingerprint density at radius 2 is 2.00 bits per heavy atom. The largest absolute Gasteiger partial charge is 0.481 e. The zero-order valence-corrected chi connectivity index (χ0v) is 11.3. The van der Waals surface area contributed by atoms with Crippen molar-refractivity contribution in [1.82, 2.24) is 10.3 Å². The van der Waals surface area contributed by atoms with Gasteiger partial charge in [0.2, 0.25) is 0 Å². The first kappa shape index (κ1) is 14.9. The molecule has 0 saturated carbocycles. The van der Waals surface area contributed by atoms with E-state index in [0.717, 1.165) is 17.7 Å². The number of halogens is 2. The molecule has 1 heterocycles. The third-order valence-corrected chi connectivity index (χ3v) is 2.84. The highest BCUT2D eigenvalue weighted by atomic mass is 19.1. The van der Waals surface area contributed by atoms with Gasteiger partial charge in [0.25, 0.3) is 5.91 Å². The number of carbonyl (C=O) groups excluding carboxylic acids is 1. The molecule has 1 atom stereocenters. The van der Waals surface area contributed by atoms with Crippen LogP contribution in [0.4, 0.5) is 8.78 Å². The molecule has 6 heteroatoms. The van der Waals surface area contributed by atoms with E-state index in [-0.39, 0.29) is 18.4 Å². The maximum atomic E-state index is 13.3. The summed E-state index contributed by atoms with van der Waals surface area (Å²) < 4.78 is 31.1. The van der Waals surface area contributed by atoms with Crippen LogP contribution in [0.5, 0.6) is 5.75 Å². The minimum absolute atomic E-state index is 0.164. The molecule has 21 heavy (non-hydrogen) atoms. The summed E-state index contributed by atoms with van der Waals surface area (Å²) in [6.45, 7) is 1.46. The molecule has 1 unspecified atom stereocenters. The molecule has 0 saturated heterocycles. The van der Waals surface area contributed by atoms with E-state index in [9.17, 15) is 13.6 Å². The zero-order chi connectivity index (χ0) is 15.2. The van der Waals surface area contributed by atoms with E-state index < -0.39 is 17.5 Å². The van der Waals surface area contributed by atoms with E-state index in [1.165, 1.54) is 0 Å². The number of hydrogen-bond acceptors (Lipinski definition) is 3. The third-order valence-electron chi connectivity index (χ3n) is 2.84. The molecule has 1 aromatic heterocycles. The molecule has 110 valence electrons. The second-order valence-corrected chi connectivity index (χ2v) is 4.43.